The number of ether oxygens (including phenoxy) is 1. The molecule has 8 heteroatoms. The van der Waals surface area contributed by atoms with Crippen molar-refractivity contribution < 1.29 is 9.53 Å². The highest BCUT2D eigenvalue weighted by Gasteiger charge is 2.25. The molecule has 1 aromatic heterocycles. The highest BCUT2D eigenvalue weighted by atomic mass is 35.5. The van der Waals surface area contributed by atoms with Crippen LogP contribution >= 0.6 is 12.4 Å². The molecule has 1 unspecified atom stereocenters. The fraction of sp³-hybridized carbons (Fsp3) is 0.833. The van der Waals surface area contributed by atoms with Crippen LogP contribution in [0.2, 0.25) is 0 Å². The summed E-state index contributed by atoms with van der Waals surface area (Å²) < 4.78 is 7.75. The van der Waals surface area contributed by atoms with Crippen molar-refractivity contribution in [3.8, 4) is 0 Å². The molecule has 3 rings (SSSR count). The van der Waals surface area contributed by atoms with E-state index in [1.807, 2.05) is 11.6 Å². The van der Waals surface area contributed by atoms with E-state index < -0.39 is 0 Å². The van der Waals surface area contributed by atoms with Crippen LogP contribution in [0.4, 0.5) is 0 Å². The van der Waals surface area contributed by atoms with Gasteiger partial charge in [-0.3, -0.25) is 4.79 Å². The number of aromatic nitrogens is 3. The Hall–Kier alpha value is -1.18. The second-order valence-corrected chi connectivity index (χ2v) is 7.15. The molecule has 1 atom stereocenters. The van der Waals surface area contributed by atoms with Crippen molar-refractivity contribution in [1.82, 2.24) is 25.6 Å². The molecule has 0 spiro atoms. The Morgan fingerprint density at radius 2 is 2.08 bits per heavy atom. The number of amides is 1. The smallest absolute Gasteiger partial charge is 0.273 e. The van der Waals surface area contributed by atoms with E-state index in [-0.39, 0.29) is 24.4 Å². The zero-order valence-corrected chi connectivity index (χ0v) is 16.5. The van der Waals surface area contributed by atoms with Gasteiger partial charge >= 0.3 is 0 Å². The lowest BCUT2D eigenvalue weighted by atomic mass is 9.98. The SMILES string of the molecule is CCOC(CCNC(=O)c1cn(C2CCNCC2)nn1)C1CCCC1.Cl. The summed E-state index contributed by atoms with van der Waals surface area (Å²) in [4.78, 5) is 12.3. The van der Waals surface area contributed by atoms with Gasteiger partial charge in [0, 0.05) is 13.2 Å². The maximum absolute atomic E-state index is 12.3. The molecule has 2 aliphatic rings. The molecule has 1 saturated carbocycles. The summed E-state index contributed by atoms with van der Waals surface area (Å²) in [5.41, 5.74) is 0.410. The average Bonchev–Trinajstić information content (AvgIpc) is 3.33. The maximum Gasteiger partial charge on any atom is 0.273 e. The summed E-state index contributed by atoms with van der Waals surface area (Å²) in [7, 11) is 0. The molecule has 1 aromatic rings. The van der Waals surface area contributed by atoms with Gasteiger partial charge in [-0.15, -0.1) is 17.5 Å². The minimum absolute atomic E-state index is 0. The fourth-order valence-corrected chi connectivity index (χ4v) is 4.05. The number of carbonyl (C=O) groups excluding carboxylic acids is 1. The topological polar surface area (TPSA) is 81.1 Å². The molecule has 1 saturated heterocycles. The molecule has 2 fully saturated rings. The predicted molar refractivity (Wildman–Crippen MR) is 103 cm³/mol. The van der Waals surface area contributed by atoms with E-state index in [2.05, 4.69) is 20.9 Å². The van der Waals surface area contributed by atoms with Crippen molar-refractivity contribution in [3.05, 3.63) is 11.9 Å². The molecule has 26 heavy (non-hydrogen) atoms. The lowest BCUT2D eigenvalue weighted by Crippen LogP contribution is -2.31. The van der Waals surface area contributed by atoms with E-state index in [0.29, 0.717) is 24.2 Å². The molecule has 1 aliphatic heterocycles. The Labute approximate surface area is 162 Å². The van der Waals surface area contributed by atoms with Crippen LogP contribution in [-0.4, -0.2) is 53.2 Å². The standard InChI is InChI=1S/C18H31N5O2.ClH/c1-2-25-17(14-5-3-4-6-14)9-12-20-18(24)16-13-23(22-21-16)15-7-10-19-11-8-15;/h13-15,17,19H,2-12H2,1H3,(H,20,24);1H. The number of halogens is 1. The van der Waals surface area contributed by atoms with E-state index in [1.54, 1.807) is 6.20 Å². The number of hydrogen-bond acceptors (Lipinski definition) is 5. The zero-order valence-electron chi connectivity index (χ0n) is 15.7. The first-order valence-electron chi connectivity index (χ1n) is 9.80. The van der Waals surface area contributed by atoms with Crippen molar-refractivity contribution >= 4 is 18.3 Å². The van der Waals surface area contributed by atoms with E-state index in [0.717, 1.165) is 39.0 Å². The summed E-state index contributed by atoms with van der Waals surface area (Å²) in [5, 5.41) is 14.5. The second kappa shape index (κ2) is 10.8. The number of nitrogens with zero attached hydrogens (tertiary/aromatic N) is 3. The molecule has 0 aromatic carbocycles. The number of piperidine rings is 1. The van der Waals surface area contributed by atoms with Crippen LogP contribution in [0.5, 0.6) is 0 Å². The molecule has 148 valence electrons. The van der Waals surface area contributed by atoms with Gasteiger partial charge in [-0.25, -0.2) is 4.68 Å². The van der Waals surface area contributed by atoms with Crippen LogP contribution in [0.1, 0.15) is 68.4 Å². The van der Waals surface area contributed by atoms with Gasteiger partial charge < -0.3 is 15.4 Å². The van der Waals surface area contributed by atoms with E-state index >= 15 is 0 Å². The molecular formula is C18H32ClN5O2. The number of nitrogens with one attached hydrogen (secondary N) is 2. The van der Waals surface area contributed by atoms with Crippen LogP contribution in [0.3, 0.4) is 0 Å². The van der Waals surface area contributed by atoms with Gasteiger partial charge in [0.05, 0.1) is 18.3 Å². The first-order chi connectivity index (χ1) is 12.3. The molecule has 0 radical (unpaired) electrons. The lowest BCUT2D eigenvalue weighted by Gasteiger charge is -2.23. The first-order valence-corrected chi connectivity index (χ1v) is 9.80. The summed E-state index contributed by atoms with van der Waals surface area (Å²) in [6.45, 7) is 5.39. The number of rotatable bonds is 8. The Morgan fingerprint density at radius 1 is 1.35 bits per heavy atom. The van der Waals surface area contributed by atoms with Gasteiger partial charge in [0.25, 0.3) is 5.91 Å². The van der Waals surface area contributed by atoms with Gasteiger partial charge in [-0.1, -0.05) is 18.1 Å². The van der Waals surface area contributed by atoms with Crippen LogP contribution < -0.4 is 10.6 Å². The highest BCUT2D eigenvalue weighted by molar-refractivity contribution is 5.91. The fourth-order valence-electron chi connectivity index (χ4n) is 4.05. The number of carbonyl (C=O) groups is 1. The largest absolute Gasteiger partial charge is 0.378 e. The van der Waals surface area contributed by atoms with Crippen LogP contribution in [0.25, 0.3) is 0 Å². The molecule has 2 N–H and O–H groups in total. The normalized spacial score (nSPS) is 19.9. The lowest BCUT2D eigenvalue weighted by molar-refractivity contribution is 0.0163. The molecule has 7 nitrogen and oxygen atoms in total. The zero-order chi connectivity index (χ0) is 17.5. The Balaban J connectivity index is 0.00000243. The Kier molecular flexibility index (Phi) is 8.81. The van der Waals surface area contributed by atoms with E-state index in [9.17, 15) is 4.79 Å². The van der Waals surface area contributed by atoms with Crippen molar-refractivity contribution in [3.63, 3.8) is 0 Å². The highest BCUT2D eigenvalue weighted by Crippen LogP contribution is 2.30. The van der Waals surface area contributed by atoms with Crippen molar-refractivity contribution in [2.45, 2.75) is 64.0 Å². The van der Waals surface area contributed by atoms with Crippen LogP contribution in [-0.2, 0) is 4.74 Å². The number of hydrogen-bond donors (Lipinski definition) is 2. The third-order valence-electron chi connectivity index (χ3n) is 5.45. The van der Waals surface area contributed by atoms with Crippen molar-refractivity contribution in [2.24, 2.45) is 5.92 Å². The van der Waals surface area contributed by atoms with E-state index in [1.165, 1.54) is 25.7 Å². The van der Waals surface area contributed by atoms with Crippen molar-refractivity contribution in [2.75, 3.05) is 26.2 Å². The quantitative estimate of drug-likeness (QED) is 0.717. The molecule has 1 aliphatic carbocycles. The third-order valence-corrected chi connectivity index (χ3v) is 5.45. The van der Waals surface area contributed by atoms with Gasteiger partial charge in [0.15, 0.2) is 5.69 Å². The molecule has 2 heterocycles. The molecular weight excluding hydrogens is 354 g/mol. The molecule has 0 bridgehead atoms. The van der Waals surface area contributed by atoms with Crippen LogP contribution in [0, 0.1) is 5.92 Å². The van der Waals surface area contributed by atoms with Gasteiger partial charge in [0.2, 0.25) is 0 Å². The summed E-state index contributed by atoms with van der Waals surface area (Å²) >= 11 is 0. The summed E-state index contributed by atoms with van der Waals surface area (Å²) in [6.07, 6.45) is 10.1. The monoisotopic (exact) mass is 385 g/mol. The van der Waals surface area contributed by atoms with Crippen LogP contribution in [0.15, 0.2) is 6.20 Å². The second-order valence-electron chi connectivity index (χ2n) is 7.15. The molecule has 1 amide bonds. The minimum Gasteiger partial charge on any atom is -0.378 e. The van der Waals surface area contributed by atoms with Crippen molar-refractivity contribution in [1.29, 1.82) is 0 Å². The van der Waals surface area contributed by atoms with Gasteiger partial charge in [0.1, 0.15) is 0 Å². The van der Waals surface area contributed by atoms with E-state index in [4.69, 9.17) is 4.74 Å². The van der Waals surface area contributed by atoms with Gasteiger partial charge in [-0.2, -0.15) is 0 Å². The summed E-state index contributed by atoms with van der Waals surface area (Å²) in [6, 6.07) is 0.347. The minimum atomic E-state index is -0.137. The predicted octanol–water partition coefficient (Wildman–Crippen LogP) is 2.34. The van der Waals surface area contributed by atoms with Gasteiger partial charge in [-0.05, 0) is 58.0 Å². The summed E-state index contributed by atoms with van der Waals surface area (Å²) in [5.74, 6) is 0.513. The average molecular weight is 386 g/mol. The first kappa shape index (κ1) is 21.1. The Morgan fingerprint density at radius 3 is 2.77 bits per heavy atom. The Bertz CT molecular complexity index is 541. The third kappa shape index (κ3) is 5.66. The maximum atomic E-state index is 12.3.